The highest BCUT2D eigenvalue weighted by molar-refractivity contribution is 6.10. The van der Waals surface area contributed by atoms with Crippen LogP contribution in [0.5, 0.6) is 0 Å². The molecule has 0 aliphatic rings. The number of aromatic nitrogens is 1. The first-order valence-electron chi connectivity index (χ1n) is 9.57. The second-order valence-corrected chi connectivity index (χ2v) is 7.75. The third kappa shape index (κ3) is 2.95. The maximum Gasteiger partial charge on any atom is 0.145 e. The molecule has 0 bridgehead atoms. The fraction of sp³-hybridized carbons (Fsp3) is 0.240. The third-order valence-electron chi connectivity index (χ3n) is 5.29. The molecule has 136 valence electrons. The van der Waals surface area contributed by atoms with Gasteiger partial charge in [-0.1, -0.05) is 58.5 Å². The highest BCUT2D eigenvalue weighted by Gasteiger charge is 2.17. The summed E-state index contributed by atoms with van der Waals surface area (Å²) in [5.74, 6) is 0.914. The van der Waals surface area contributed by atoms with E-state index in [1.165, 1.54) is 11.1 Å². The van der Waals surface area contributed by atoms with E-state index in [0.717, 1.165) is 38.8 Å². The van der Waals surface area contributed by atoms with Gasteiger partial charge in [0.2, 0.25) is 0 Å². The molecule has 27 heavy (non-hydrogen) atoms. The van der Waals surface area contributed by atoms with Gasteiger partial charge in [0.15, 0.2) is 0 Å². The molecule has 2 heteroatoms. The molecule has 2 aromatic carbocycles. The number of nitrogens with zero attached hydrogens (tertiary/aromatic N) is 1. The number of benzene rings is 2. The molecule has 0 unspecified atom stereocenters. The molecule has 0 atom stereocenters. The maximum atomic E-state index is 6.38. The van der Waals surface area contributed by atoms with Crippen LogP contribution in [0, 0.1) is 0 Å². The summed E-state index contributed by atoms with van der Waals surface area (Å²) in [6.45, 7) is 12.8. The van der Waals surface area contributed by atoms with Crippen molar-refractivity contribution in [3.8, 4) is 11.3 Å². The van der Waals surface area contributed by atoms with Gasteiger partial charge < -0.3 is 4.42 Å². The van der Waals surface area contributed by atoms with Crippen LogP contribution in [0.25, 0.3) is 39.3 Å². The van der Waals surface area contributed by atoms with Crippen LogP contribution in [-0.4, -0.2) is 4.98 Å². The zero-order valence-corrected chi connectivity index (χ0v) is 16.4. The Morgan fingerprint density at radius 1 is 0.889 bits per heavy atom. The zero-order chi connectivity index (χ0) is 19.1. The Bertz CT molecular complexity index is 1150. The second-order valence-electron chi connectivity index (χ2n) is 7.75. The highest BCUT2D eigenvalue weighted by Crippen LogP contribution is 2.39. The molecule has 0 spiro atoms. The third-order valence-corrected chi connectivity index (χ3v) is 5.29. The van der Waals surface area contributed by atoms with E-state index in [9.17, 15) is 0 Å². The zero-order valence-electron chi connectivity index (χ0n) is 16.4. The minimum Gasteiger partial charge on any atom is -0.455 e. The van der Waals surface area contributed by atoms with E-state index in [0.29, 0.717) is 11.8 Å². The fourth-order valence-corrected chi connectivity index (χ4v) is 3.61. The molecule has 0 saturated heterocycles. The molecule has 0 aliphatic heterocycles. The number of hydrogen-bond donors (Lipinski definition) is 0. The predicted molar refractivity (Wildman–Crippen MR) is 115 cm³/mol. The van der Waals surface area contributed by atoms with Crippen molar-refractivity contribution in [1.82, 2.24) is 4.98 Å². The average molecular weight is 355 g/mol. The Kier molecular flexibility index (Phi) is 4.35. The van der Waals surface area contributed by atoms with Crippen LogP contribution in [0.2, 0.25) is 0 Å². The summed E-state index contributed by atoms with van der Waals surface area (Å²) >= 11 is 0. The summed E-state index contributed by atoms with van der Waals surface area (Å²) in [7, 11) is 0. The highest BCUT2D eigenvalue weighted by atomic mass is 16.3. The lowest BCUT2D eigenvalue weighted by Crippen LogP contribution is -1.92. The van der Waals surface area contributed by atoms with E-state index in [-0.39, 0.29) is 0 Å². The summed E-state index contributed by atoms with van der Waals surface area (Å²) in [5.41, 5.74) is 7.36. The lowest BCUT2D eigenvalue weighted by atomic mass is 9.96. The van der Waals surface area contributed by atoms with E-state index >= 15 is 0 Å². The molecule has 0 aliphatic carbocycles. The Morgan fingerprint density at radius 3 is 2.30 bits per heavy atom. The number of pyridine rings is 1. The Morgan fingerprint density at radius 2 is 1.59 bits per heavy atom. The van der Waals surface area contributed by atoms with Gasteiger partial charge in [-0.15, -0.1) is 0 Å². The first kappa shape index (κ1) is 17.5. The SMILES string of the molecule is C=Cc1ccc2c(oc3cc(C(C)C)ccc32)c1-c1cc(C(C)C)ccn1. The molecular formula is C25H25NO. The number of hydrogen-bond acceptors (Lipinski definition) is 2. The van der Waals surface area contributed by atoms with Crippen LogP contribution in [0.4, 0.5) is 0 Å². The van der Waals surface area contributed by atoms with Crippen molar-refractivity contribution in [2.45, 2.75) is 39.5 Å². The molecule has 0 radical (unpaired) electrons. The summed E-state index contributed by atoms with van der Waals surface area (Å²) in [6, 6.07) is 15.0. The van der Waals surface area contributed by atoms with Gasteiger partial charge in [-0.25, -0.2) is 0 Å². The van der Waals surface area contributed by atoms with E-state index < -0.39 is 0 Å². The van der Waals surface area contributed by atoms with Crippen molar-refractivity contribution in [2.24, 2.45) is 0 Å². The molecule has 0 saturated carbocycles. The normalized spacial score (nSPS) is 11.8. The molecule has 4 aromatic rings. The van der Waals surface area contributed by atoms with Gasteiger partial charge in [-0.05, 0) is 52.8 Å². The van der Waals surface area contributed by atoms with Gasteiger partial charge in [0.05, 0.1) is 11.3 Å². The predicted octanol–water partition coefficient (Wildman–Crippen LogP) is 7.54. The van der Waals surface area contributed by atoms with E-state index in [2.05, 4.69) is 81.7 Å². The Hall–Kier alpha value is -2.87. The van der Waals surface area contributed by atoms with Crippen molar-refractivity contribution < 1.29 is 4.42 Å². The molecular weight excluding hydrogens is 330 g/mol. The molecule has 0 N–H and O–H groups in total. The van der Waals surface area contributed by atoms with Crippen molar-refractivity contribution >= 4 is 28.0 Å². The van der Waals surface area contributed by atoms with Gasteiger partial charge in [0.1, 0.15) is 11.2 Å². The lowest BCUT2D eigenvalue weighted by molar-refractivity contribution is 0.668. The molecule has 2 aromatic heterocycles. The summed E-state index contributed by atoms with van der Waals surface area (Å²) in [4.78, 5) is 4.66. The quantitative estimate of drug-likeness (QED) is 0.378. The first-order chi connectivity index (χ1) is 13.0. The van der Waals surface area contributed by atoms with E-state index in [1.807, 2.05) is 12.3 Å². The lowest BCUT2D eigenvalue weighted by Gasteiger charge is -2.10. The standard InChI is InChI=1S/C25H25NO/c1-6-17-7-10-21-20-9-8-18(15(2)3)14-23(20)27-25(21)24(17)22-13-19(16(4)5)11-12-26-22/h6-16H,1H2,2-5H3. The number of rotatable bonds is 4. The minimum atomic E-state index is 0.447. The smallest absolute Gasteiger partial charge is 0.145 e. The van der Waals surface area contributed by atoms with E-state index in [1.54, 1.807) is 0 Å². The van der Waals surface area contributed by atoms with Gasteiger partial charge in [-0.3, -0.25) is 4.98 Å². The fourth-order valence-electron chi connectivity index (χ4n) is 3.61. The van der Waals surface area contributed by atoms with Crippen LogP contribution < -0.4 is 0 Å². The monoisotopic (exact) mass is 355 g/mol. The van der Waals surface area contributed by atoms with Gasteiger partial charge in [0.25, 0.3) is 0 Å². The second kappa shape index (κ2) is 6.70. The largest absolute Gasteiger partial charge is 0.455 e. The molecule has 4 rings (SSSR count). The summed E-state index contributed by atoms with van der Waals surface area (Å²) in [5, 5.41) is 2.27. The molecule has 0 amide bonds. The Labute approximate surface area is 160 Å². The van der Waals surface area contributed by atoms with E-state index in [4.69, 9.17) is 4.42 Å². The van der Waals surface area contributed by atoms with Crippen molar-refractivity contribution in [2.75, 3.05) is 0 Å². The van der Waals surface area contributed by atoms with Crippen molar-refractivity contribution in [1.29, 1.82) is 0 Å². The first-order valence-corrected chi connectivity index (χ1v) is 9.57. The van der Waals surface area contributed by atoms with Crippen molar-refractivity contribution in [3.63, 3.8) is 0 Å². The van der Waals surface area contributed by atoms with Crippen LogP contribution in [0.1, 0.15) is 56.2 Å². The van der Waals surface area contributed by atoms with Crippen molar-refractivity contribution in [3.05, 3.63) is 71.9 Å². The minimum absolute atomic E-state index is 0.447. The van der Waals surface area contributed by atoms with Crippen LogP contribution >= 0.6 is 0 Å². The van der Waals surface area contributed by atoms with Crippen LogP contribution in [0.15, 0.2) is 59.7 Å². The molecule has 2 nitrogen and oxygen atoms in total. The Balaban J connectivity index is 2.04. The number of fused-ring (bicyclic) bond motifs is 3. The number of furan rings is 1. The summed E-state index contributed by atoms with van der Waals surface area (Å²) < 4.78 is 6.38. The van der Waals surface area contributed by atoms with Gasteiger partial charge in [-0.2, -0.15) is 0 Å². The molecule has 0 fully saturated rings. The van der Waals surface area contributed by atoms with Gasteiger partial charge in [0, 0.05) is 17.0 Å². The van der Waals surface area contributed by atoms with Gasteiger partial charge >= 0.3 is 0 Å². The molecule has 2 heterocycles. The topological polar surface area (TPSA) is 26.0 Å². The van der Waals surface area contributed by atoms with Crippen LogP contribution in [-0.2, 0) is 0 Å². The summed E-state index contributed by atoms with van der Waals surface area (Å²) in [6.07, 6.45) is 3.77. The average Bonchev–Trinajstić information content (AvgIpc) is 3.04. The van der Waals surface area contributed by atoms with Crippen LogP contribution in [0.3, 0.4) is 0 Å². The maximum absolute atomic E-state index is 6.38.